The fourth-order valence-corrected chi connectivity index (χ4v) is 2.31. The second-order valence-electron chi connectivity index (χ2n) is 4.72. The van der Waals surface area contributed by atoms with E-state index >= 15 is 0 Å². The third-order valence-electron chi connectivity index (χ3n) is 3.47. The van der Waals surface area contributed by atoms with Gasteiger partial charge in [-0.05, 0) is 24.8 Å². The van der Waals surface area contributed by atoms with Crippen LogP contribution >= 0.6 is 0 Å². The Bertz CT molecular complexity index is 411. The van der Waals surface area contributed by atoms with Crippen LogP contribution in [0.1, 0.15) is 32.0 Å². The predicted molar refractivity (Wildman–Crippen MR) is 68.8 cm³/mol. The van der Waals surface area contributed by atoms with Gasteiger partial charge >= 0.3 is 0 Å². The highest BCUT2D eigenvalue weighted by atomic mass is 16.5. The van der Waals surface area contributed by atoms with Gasteiger partial charge in [0.15, 0.2) is 0 Å². The summed E-state index contributed by atoms with van der Waals surface area (Å²) in [6.07, 6.45) is 2.88. The Labute approximate surface area is 108 Å². The number of rotatable bonds is 6. The van der Waals surface area contributed by atoms with Crippen LogP contribution in [-0.4, -0.2) is 30.7 Å². The van der Waals surface area contributed by atoms with E-state index in [1.807, 2.05) is 0 Å². The number of nitrogens with one attached hydrogen (secondary N) is 1. The monoisotopic (exact) mass is 251 g/mol. The topological polar surface area (TPSA) is 56.3 Å². The number of methoxy groups -OCH3 is 2. The minimum atomic E-state index is 0.221. The Balaban J connectivity index is 2.28. The first-order valence-corrected chi connectivity index (χ1v) is 6.39. The zero-order valence-electron chi connectivity index (χ0n) is 11.4. The van der Waals surface area contributed by atoms with Crippen molar-refractivity contribution in [2.45, 2.75) is 26.3 Å². The smallest absolute Gasteiger partial charge is 0.240 e. The molecule has 18 heavy (non-hydrogen) atoms. The standard InChI is InChI=1S/C13H21N3O2/c1-5-14-11(9-6-8(9)2)12-13(18-4)16-10(17-3)7-15-12/h7-9,11,14H,5-6H2,1-4H3. The molecule has 1 aliphatic carbocycles. The molecule has 0 spiro atoms. The summed E-state index contributed by atoms with van der Waals surface area (Å²) in [5, 5.41) is 3.48. The van der Waals surface area contributed by atoms with E-state index in [4.69, 9.17) is 9.47 Å². The van der Waals surface area contributed by atoms with Crippen LogP contribution in [0, 0.1) is 11.8 Å². The maximum Gasteiger partial charge on any atom is 0.240 e. The van der Waals surface area contributed by atoms with E-state index in [-0.39, 0.29) is 6.04 Å². The van der Waals surface area contributed by atoms with Gasteiger partial charge in [0.05, 0.1) is 26.5 Å². The first-order valence-electron chi connectivity index (χ1n) is 6.39. The molecule has 1 fully saturated rings. The summed E-state index contributed by atoms with van der Waals surface area (Å²) in [5.41, 5.74) is 0.884. The quantitative estimate of drug-likeness (QED) is 0.835. The van der Waals surface area contributed by atoms with Crippen molar-refractivity contribution in [2.24, 2.45) is 11.8 Å². The molecule has 0 aliphatic heterocycles. The minimum Gasteiger partial charge on any atom is -0.480 e. The van der Waals surface area contributed by atoms with Gasteiger partial charge < -0.3 is 14.8 Å². The third-order valence-corrected chi connectivity index (χ3v) is 3.47. The van der Waals surface area contributed by atoms with Gasteiger partial charge in [-0.1, -0.05) is 13.8 Å². The van der Waals surface area contributed by atoms with E-state index < -0.39 is 0 Å². The molecule has 1 heterocycles. The molecular formula is C13H21N3O2. The number of hydrogen-bond acceptors (Lipinski definition) is 5. The summed E-state index contributed by atoms with van der Waals surface area (Å²) in [4.78, 5) is 8.76. The van der Waals surface area contributed by atoms with Gasteiger partial charge in [-0.3, -0.25) is 0 Å². The summed E-state index contributed by atoms with van der Waals surface area (Å²) < 4.78 is 10.4. The number of nitrogens with zero attached hydrogens (tertiary/aromatic N) is 2. The van der Waals surface area contributed by atoms with Crippen molar-refractivity contribution in [1.29, 1.82) is 0 Å². The number of aromatic nitrogens is 2. The van der Waals surface area contributed by atoms with E-state index in [0.29, 0.717) is 17.7 Å². The molecular weight excluding hydrogens is 230 g/mol. The zero-order chi connectivity index (χ0) is 13.1. The summed E-state index contributed by atoms with van der Waals surface area (Å²) in [5.74, 6) is 2.40. The molecule has 0 bridgehead atoms. The van der Waals surface area contributed by atoms with E-state index in [1.165, 1.54) is 6.42 Å². The Morgan fingerprint density at radius 1 is 1.44 bits per heavy atom. The second kappa shape index (κ2) is 5.52. The van der Waals surface area contributed by atoms with Crippen LogP contribution < -0.4 is 14.8 Å². The predicted octanol–water partition coefficient (Wildman–Crippen LogP) is 1.80. The highest BCUT2D eigenvalue weighted by Crippen LogP contribution is 2.47. The van der Waals surface area contributed by atoms with E-state index in [0.717, 1.165) is 18.2 Å². The van der Waals surface area contributed by atoms with Crippen molar-refractivity contribution in [3.8, 4) is 11.8 Å². The average molecular weight is 251 g/mol. The average Bonchev–Trinajstić information content (AvgIpc) is 3.12. The van der Waals surface area contributed by atoms with Crippen LogP contribution in [0.4, 0.5) is 0 Å². The first-order chi connectivity index (χ1) is 8.71. The molecule has 1 aliphatic rings. The lowest BCUT2D eigenvalue weighted by Gasteiger charge is -2.19. The molecule has 1 N–H and O–H groups in total. The van der Waals surface area contributed by atoms with Crippen LogP contribution in [-0.2, 0) is 0 Å². The van der Waals surface area contributed by atoms with Crippen LogP contribution in [0.15, 0.2) is 6.20 Å². The molecule has 0 aromatic carbocycles. The minimum absolute atomic E-state index is 0.221. The molecule has 100 valence electrons. The van der Waals surface area contributed by atoms with Crippen molar-refractivity contribution >= 4 is 0 Å². The molecule has 3 atom stereocenters. The number of ether oxygens (including phenoxy) is 2. The molecule has 0 radical (unpaired) electrons. The van der Waals surface area contributed by atoms with Crippen LogP contribution in [0.25, 0.3) is 0 Å². The largest absolute Gasteiger partial charge is 0.480 e. The Morgan fingerprint density at radius 2 is 2.17 bits per heavy atom. The maximum absolute atomic E-state index is 5.33. The fraction of sp³-hybridized carbons (Fsp3) is 0.692. The Kier molecular flexibility index (Phi) is 4.01. The lowest BCUT2D eigenvalue weighted by Crippen LogP contribution is -2.25. The van der Waals surface area contributed by atoms with Crippen LogP contribution in [0.3, 0.4) is 0 Å². The van der Waals surface area contributed by atoms with E-state index in [1.54, 1.807) is 20.4 Å². The van der Waals surface area contributed by atoms with Crippen molar-refractivity contribution in [3.63, 3.8) is 0 Å². The van der Waals surface area contributed by atoms with Crippen molar-refractivity contribution in [3.05, 3.63) is 11.9 Å². The zero-order valence-corrected chi connectivity index (χ0v) is 11.4. The molecule has 1 aromatic heterocycles. The van der Waals surface area contributed by atoms with Crippen molar-refractivity contribution in [1.82, 2.24) is 15.3 Å². The summed E-state index contributed by atoms with van der Waals surface area (Å²) in [7, 11) is 3.19. The highest BCUT2D eigenvalue weighted by molar-refractivity contribution is 5.27. The van der Waals surface area contributed by atoms with Gasteiger partial charge in [-0.2, -0.15) is 4.98 Å². The second-order valence-corrected chi connectivity index (χ2v) is 4.72. The Morgan fingerprint density at radius 3 is 2.67 bits per heavy atom. The van der Waals surface area contributed by atoms with Gasteiger partial charge in [0, 0.05) is 0 Å². The summed E-state index contributed by atoms with van der Waals surface area (Å²) in [6, 6.07) is 0.221. The molecule has 3 unspecified atom stereocenters. The molecule has 2 rings (SSSR count). The SMILES string of the molecule is CCNC(c1ncc(OC)nc1OC)C1CC1C. The van der Waals surface area contributed by atoms with Crippen molar-refractivity contribution in [2.75, 3.05) is 20.8 Å². The van der Waals surface area contributed by atoms with Gasteiger partial charge in [0.25, 0.3) is 0 Å². The molecule has 0 amide bonds. The summed E-state index contributed by atoms with van der Waals surface area (Å²) >= 11 is 0. The maximum atomic E-state index is 5.33. The van der Waals surface area contributed by atoms with Crippen molar-refractivity contribution < 1.29 is 9.47 Å². The van der Waals surface area contributed by atoms with Crippen LogP contribution in [0.5, 0.6) is 11.8 Å². The third kappa shape index (κ3) is 2.56. The van der Waals surface area contributed by atoms with E-state index in [2.05, 4.69) is 29.1 Å². The normalized spacial score (nSPS) is 23.6. The molecule has 5 nitrogen and oxygen atoms in total. The lowest BCUT2D eigenvalue weighted by molar-refractivity contribution is 0.344. The fourth-order valence-electron chi connectivity index (χ4n) is 2.31. The van der Waals surface area contributed by atoms with Gasteiger partial charge in [0.2, 0.25) is 11.8 Å². The van der Waals surface area contributed by atoms with Gasteiger partial charge in [-0.15, -0.1) is 0 Å². The molecule has 1 saturated carbocycles. The van der Waals surface area contributed by atoms with E-state index in [9.17, 15) is 0 Å². The Hall–Kier alpha value is -1.36. The summed E-state index contributed by atoms with van der Waals surface area (Å²) in [6.45, 7) is 5.27. The lowest BCUT2D eigenvalue weighted by atomic mass is 10.1. The van der Waals surface area contributed by atoms with Gasteiger partial charge in [-0.25, -0.2) is 4.98 Å². The highest BCUT2D eigenvalue weighted by Gasteiger charge is 2.41. The van der Waals surface area contributed by atoms with Gasteiger partial charge in [0.1, 0.15) is 5.69 Å². The van der Waals surface area contributed by atoms with Crippen LogP contribution in [0.2, 0.25) is 0 Å². The number of hydrogen-bond donors (Lipinski definition) is 1. The molecule has 0 saturated heterocycles. The first kappa shape index (κ1) is 13.1. The molecule has 5 heteroatoms. The molecule has 1 aromatic rings.